The van der Waals surface area contributed by atoms with E-state index in [2.05, 4.69) is 38.0 Å². The summed E-state index contributed by atoms with van der Waals surface area (Å²) >= 11 is 1.68. The molecule has 2 aromatic heterocycles. The van der Waals surface area contributed by atoms with Crippen molar-refractivity contribution >= 4 is 28.8 Å². The second-order valence-corrected chi connectivity index (χ2v) is 8.22. The number of aromatic amines is 1. The van der Waals surface area contributed by atoms with Crippen molar-refractivity contribution in [3.05, 3.63) is 51.8 Å². The van der Waals surface area contributed by atoms with Crippen molar-refractivity contribution in [1.29, 1.82) is 0 Å². The molecule has 3 heterocycles. The Hall–Kier alpha value is -2.74. The zero-order valence-corrected chi connectivity index (χ0v) is 15.8. The molecule has 2 aliphatic rings. The minimum atomic E-state index is -0.586. The van der Waals surface area contributed by atoms with Gasteiger partial charge in [0.2, 0.25) is 11.7 Å². The number of fused-ring (bicyclic) bond motifs is 1. The fourth-order valence-electron chi connectivity index (χ4n) is 3.37. The second kappa shape index (κ2) is 7.48. The summed E-state index contributed by atoms with van der Waals surface area (Å²) in [7, 11) is 0. The van der Waals surface area contributed by atoms with Gasteiger partial charge in [0.15, 0.2) is 0 Å². The van der Waals surface area contributed by atoms with E-state index in [1.807, 2.05) is 25.1 Å². The van der Waals surface area contributed by atoms with E-state index in [4.69, 9.17) is 0 Å². The lowest BCUT2D eigenvalue weighted by Gasteiger charge is -2.14. The molecule has 0 aromatic carbocycles. The van der Waals surface area contributed by atoms with Crippen LogP contribution < -0.4 is 10.6 Å². The molecule has 2 aromatic rings. The van der Waals surface area contributed by atoms with E-state index in [0.717, 1.165) is 23.4 Å². The van der Waals surface area contributed by atoms with Crippen LogP contribution in [0.15, 0.2) is 30.4 Å². The summed E-state index contributed by atoms with van der Waals surface area (Å²) in [6.07, 6.45) is 11.2. The summed E-state index contributed by atoms with van der Waals surface area (Å²) in [6, 6.07) is 1.39. The lowest BCUT2D eigenvalue weighted by molar-refractivity contribution is -0.118. The number of aryl methyl sites for hydroxylation is 2. The number of H-pyrrole nitrogens is 1. The Morgan fingerprint density at radius 3 is 3.07 bits per heavy atom. The van der Waals surface area contributed by atoms with Crippen molar-refractivity contribution in [2.45, 2.75) is 38.6 Å². The largest absolute Gasteiger partial charge is 0.337 e. The predicted molar refractivity (Wildman–Crippen MR) is 104 cm³/mol. The van der Waals surface area contributed by atoms with Gasteiger partial charge >= 0.3 is 0 Å². The first kappa shape index (κ1) is 17.7. The van der Waals surface area contributed by atoms with Crippen LogP contribution in [0, 0.1) is 12.8 Å². The quantitative estimate of drug-likeness (QED) is 0.755. The number of carbonyl (C=O) groups excluding carboxylic acids is 2. The Balaban J connectivity index is 1.37. The Bertz CT molecular complexity index is 926. The first-order chi connectivity index (χ1) is 13.1. The number of nitrogens with one attached hydrogen (secondary N) is 3. The fraction of sp³-hybridized carbons (Fsp3) is 0.368. The van der Waals surface area contributed by atoms with Gasteiger partial charge in [-0.1, -0.05) is 24.3 Å². The zero-order chi connectivity index (χ0) is 18.8. The molecule has 0 fully saturated rings. The van der Waals surface area contributed by atoms with Gasteiger partial charge in [0, 0.05) is 16.2 Å². The average Bonchev–Trinajstić information content (AvgIpc) is 3.22. The molecule has 140 valence electrons. The molecule has 0 bridgehead atoms. The maximum Gasteiger partial charge on any atom is 0.289 e. The number of hydrogen-bond acceptors (Lipinski definition) is 5. The van der Waals surface area contributed by atoms with Gasteiger partial charge in [-0.2, -0.15) is 0 Å². The van der Waals surface area contributed by atoms with E-state index >= 15 is 0 Å². The van der Waals surface area contributed by atoms with Gasteiger partial charge in [0.25, 0.3) is 5.91 Å². The number of aromatic nitrogens is 3. The molecule has 2 unspecified atom stereocenters. The second-order valence-electron chi connectivity index (χ2n) is 6.88. The van der Waals surface area contributed by atoms with E-state index in [1.54, 1.807) is 11.3 Å². The number of thiophene rings is 1. The molecular formula is C19H21N5O2S. The SMILES string of the molecule is Cc1cc2c(s1)CCC(NC(=O)c1nnc(CC3C=CC=CC3)[nH]1)C(=O)N2. The van der Waals surface area contributed by atoms with E-state index in [1.165, 1.54) is 4.88 Å². The molecule has 27 heavy (non-hydrogen) atoms. The van der Waals surface area contributed by atoms with Crippen molar-refractivity contribution in [2.75, 3.05) is 5.32 Å². The highest BCUT2D eigenvalue weighted by Crippen LogP contribution is 2.30. The van der Waals surface area contributed by atoms with Gasteiger partial charge in [0.05, 0.1) is 5.69 Å². The van der Waals surface area contributed by atoms with Crippen molar-refractivity contribution in [1.82, 2.24) is 20.5 Å². The minimum absolute atomic E-state index is 0.142. The van der Waals surface area contributed by atoms with Gasteiger partial charge in [-0.15, -0.1) is 21.5 Å². The van der Waals surface area contributed by atoms with Crippen LogP contribution in [-0.2, 0) is 17.6 Å². The molecule has 0 spiro atoms. The van der Waals surface area contributed by atoms with Crippen LogP contribution in [0.4, 0.5) is 5.69 Å². The Kier molecular flexibility index (Phi) is 4.89. The third kappa shape index (κ3) is 4.00. The maximum atomic E-state index is 12.5. The molecular weight excluding hydrogens is 362 g/mol. The third-order valence-electron chi connectivity index (χ3n) is 4.75. The molecule has 0 saturated heterocycles. The van der Waals surface area contributed by atoms with Crippen LogP contribution in [0.5, 0.6) is 0 Å². The van der Waals surface area contributed by atoms with Crippen LogP contribution >= 0.6 is 11.3 Å². The molecule has 1 aliphatic heterocycles. The molecule has 0 radical (unpaired) electrons. The van der Waals surface area contributed by atoms with Gasteiger partial charge in [0.1, 0.15) is 11.9 Å². The Morgan fingerprint density at radius 2 is 2.26 bits per heavy atom. The standard InChI is InChI=1S/C19H21N5O2S/c1-11-9-14-15(27-11)8-7-13(18(25)21-14)20-19(26)17-22-16(23-24-17)10-12-5-3-2-4-6-12/h2-5,9,12-13H,6-8,10H2,1H3,(H,20,26)(H,21,25)(H,22,23,24). The molecule has 8 heteroatoms. The first-order valence-electron chi connectivity index (χ1n) is 9.04. The van der Waals surface area contributed by atoms with Crippen LogP contribution in [0.2, 0.25) is 0 Å². The van der Waals surface area contributed by atoms with E-state index in [0.29, 0.717) is 24.6 Å². The van der Waals surface area contributed by atoms with Crippen molar-refractivity contribution < 1.29 is 9.59 Å². The molecule has 0 saturated carbocycles. The molecule has 4 rings (SSSR count). The number of nitrogens with zero attached hydrogens (tertiary/aromatic N) is 2. The molecule has 3 N–H and O–H groups in total. The average molecular weight is 383 g/mol. The highest BCUT2D eigenvalue weighted by molar-refractivity contribution is 7.12. The normalized spacial score (nSPS) is 21.4. The lowest BCUT2D eigenvalue weighted by Crippen LogP contribution is -2.43. The number of allylic oxidation sites excluding steroid dienone is 4. The molecule has 2 atom stereocenters. The molecule has 7 nitrogen and oxygen atoms in total. The molecule has 2 amide bonds. The first-order valence-corrected chi connectivity index (χ1v) is 9.86. The van der Waals surface area contributed by atoms with E-state index < -0.39 is 11.9 Å². The summed E-state index contributed by atoms with van der Waals surface area (Å²) in [5, 5.41) is 13.7. The van der Waals surface area contributed by atoms with E-state index in [9.17, 15) is 9.59 Å². The van der Waals surface area contributed by atoms with E-state index in [-0.39, 0.29) is 11.7 Å². The highest BCUT2D eigenvalue weighted by Gasteiger charge is 2.27. The van der Waals surface area contributed by atoms with Gasteiger partial charge < -0.3 is 15.6 Å². The number of hydrogen-bond donors (Lipinski definition) is 3. The number of anilines is 1. The van der Waals surface area contributed by atoms with Gasteiger partial charge in [-0.3, -0.25) is 9.59 Å². The maximum absolute atomic E-state index is 12.5. The van der Waals surface area contributed by atoms with Crippen LogP contribution in [0.3, 0.4) is 0 Å². The number of amides is 2. The van der Waals surface area contributed by atoms with Crippen molar-refractivity contribution in [3.63, 3.8) is 0 Å². The van der Waals surface area contributed by atoms with Gasteiger partial charge in [-0.05, 0) is 38.2 Å². The van der Waals surface area contributed by atoms with Crippen molar-refractivity contribution in [3.8, 4) is 0 Å². The topological polar surface area (TPSA) is 99.8 Å². The highest BCUT2D eigenvalue weighted by atomic mass is 32.1. The smallest absolute Gasteiger partial charge is 0.289 e. The predicted octanol–water partition coefficient (Wildman–Crippen LogP) is 2.53. The summed E-state index contributed by atoms with van der Waals surface area (Å²) < 4.78 is 0. The van der Waals surface area contributed by atoms with Crippen LogP contribution in [0.25, 0.3) is 0 Å². The van der Waals surface area contributed by atoms with Crippen LogP contribution in [0.1, 0.15) is 39.0 Å². The number of rotatable bonds is 4. The zero-order valence-electron chi connectivity index (χ0n) is 15.0. The number of carbonyl (C=O) groups is 2. The van der Waals surface area contributed by atoms with Crippen molar-refractivity contribution in [2.24, 2.45) is 5.92 Å². The Morgan fingerprint density at radius 1 is 1.37 bits per heavy atom. The third-order valence-corrected chi connectivity index (χ3v) is 5.86. The monoisotopic (exact) mass is 383 g/mol. The summed E-state index contributed by atoms with van der Waals surface area (Å²) in [5.41, 5.74) is 0.857. The summed E-state index contributed by atoms with van der Waals surface area (Å²) in [6.45, 7) is 2.02. The molecule has 1 aliphatic carbocycles. The fourth-order valence-corrected chi connectivity index (χ4v) is 4.37. The lowest BCUT2D eigenvalue weighted by atomic mass is 9.97. The summed E-state index contributed by atoms with van der Waals surface area (Å²) in [4.78, 5) is 30.2. The Labute approximate surface area is 161 Å². The van der Waals surface area contributed by atoms with Gasteiger partial charge in [-0.25, -0.2) is 0 Å². The minimum Gasteiger partial charge on any atom is -0.337 e. The summed E-state index contributed by atoms with van der Waals surface area (Å²) in [5.74, 6) is 0.568. The van der Waals surface area contributed by atoms with Crippen LogP contribution in [-0.4, -0.2) is 33.0 Å².